The monoisotopic (exact) mass is 301 g/mol. The van der Waals surface area contributed by atoms with Gasteiger partial charge in [-0.15, -0.1) is 0 Å². The Labute approximate surface area is 120 Å². The van der Waals surface area contributed by atoms with Crippen LogP contribution in [0.5, 0.6) is 0 Å². The minimum atomic E-state index is -3.42. The van der Waals surface area contributed by atoms with Crippen LogP contribution in [0.2, 0.25) is 0 Å². The van der Waals surface area contributed by atoms with E-state index in [1.807, 2.05) is 0 Å². The third-order valence-corrected chi connectivity index (χ3v) is 5.23. The van der Waals surface area contributed by atoms with Crippen molar-refractivity contribution in [1.82, 2.24) is 24.7 Å². The number of rotatable bonds is 6. The molecule has 0 aromatic carbocycles. The second-order valence-electron chi connectivity index (χ2n) is 5.31. The Morgan fingerprint density at radius 2 is 2.10 bits per heavy atom. The van der Waals surface area contributed by atoms with Gasteiger partial charge in [0.2, 0.25) is 10.0 Å². The van der Waals surface area contributed by atoms with Gasteiger partial charge in [-0.05, 0) is 20.4 Å². The van der Waals surface area contributed by atoms with Crippen molar-refractivity contribution in [3.63, 3.8) is 0 Å². The molecular weight excluding hydrogens is 278 g/mol. The van der Waals surface area contributed by atoms with E-state index in [-0.39, 0.29) is 4.90 Å². The standard InChI is InChI=1S/C12H23N5O2S/c1-11(17-7-5-16(2)6-8-17)3-4-15-20(18,19)12-9-13-14-10-12/h9-11,15H,3-8H2,1-2H3,(H,13,14)/t11-/m1/s1. The van der Waals surface area contributed by atoms with Gasteiger partial charge >= 0.3 is 0 Å². The summed E-state index contributed by atoms with van der Waals surface area (Å²) in [5.74, 6) is 0. The van der Waals surface area contributed by atoms with E-state index in [9.17, 15) is 8.42 Å². The summed E-state index contributed by atoms with van der Waals surface area (Å²) >= 11 is 0. The lowest BCUT2D eigenvalue weighted by Crippen LogP contribution is -2.48. The third kappa shape index (κ3) is 4.02. The summed E-state index contributed by atoms with van der Waals surface area (Å²) in [5, 5.41) is 6.16. The maximum absolute atomic E-state index is 11.9. The van der Waals surface area contributed by atoms with Gasteiger partial charge in [0.05, 0.1) is 6.20 Å². The highest BCUT2D eigenvalue weighted by atomic mass is 32.2. The van der Waals surface area contributed by atoms with E-state index in [4.69, 9.17) is 0 Å². The van der Waals surface area contributed by atoms with Crippen LogP contribution >= 0.6 is 0 Å². The van der Waals surface area contributed by atoms with Gasteiger partial charge < -0.3 is 4.90 Å². The predicted molar refractivity (Wildman–Crippen MR) is 76.9 cm³/mol. The van der Waals surface area contributed by atoms with Gasteiger partial charge in [-0.3, -0.25) is 10.00 Å². The molecule has 1 atom stereocenters. The number of nitrogens with one attached hydrogen (secondary N) is 2. The number of nitrogens with zero attached hydrogens (tertiary/aromatic N) is 3. The normalized spacial score (nSPS) is 20.1. The number of H-pyrrole nitrogens is 1. The van der Waals surface area contributed by atoms with Crippen molar-refractivity contribution in [3.05, 3.63) is 12.4 Å². The van der Waals surface area contributed by atoms with E-state index in [2.05, 4.69) is 38.7 Å². The van der Waals surface area contributed by atoms with E-state index < -0.39 is 10.0 Å². The molecule has 7 nitrogen and oxygen atoms in total. The zero-order chi connectivity index (χ0) is 14.6. The van der Waals surface area contributed by atoms with Crippen LogP contribution in [0.25, 0.3) is 0 Å². The smallest absolute Gasteiger partial charge is 0.243 e. The molecule has 0 spiro atoms. The van der Waals surface area contributed by atoms with Crippen molar-refractivity contribution in [2.24, 2.45) is 0 Å². The van der Waals surface area contributed by atoms with Gasteiger partial charge in [-0.1, -0.05) is 0 Å². The van der Waals surface area contributed by atoms with Gasteiger partial charge in [0.25, 0.3) is 0 Å². The molecular formula is C12H23N5O2S. The number of aromatic amines is 1. The number of aromatic nitrogens is 2. The fourth-order valence-electron chi connectivity index (χ4n) is 2.32. The van der Waals surface area contributed by atoms with E-state index >= 15 is 0 Å². The van der Waals surface area contributed by atoms with Crippen LogP contribution in [0.3, 0.4) is 0 Å². The number of likely N-dealkylation sites (N-methyl/N-ethyl adjacent to an activating group) is 1. The Kier molecular flexibility index (Phi) is 5.14. The Hall–Kier alpha value is -0.960. The summed E-state index contributed by atoms with van der Waals surface area (Å²) < 4.78 is 26.4. The molecule has 0 amide bonds. The second-order valence-corrected chi connectivity index (χ2v) is 7.08. The van der Waals surface area contributed by atoms with E-state index in [0.717, 1.165) is 32.6 Å². The molecule has 1 fully saturated rings. The lowest BCUT2D eigenvalue weighted by Gasteiger charge is -2.36. The zero-order valence-corrected chi connectivity index (χ0v) is 12.9. The highest BCUT2D eigenvalue weighted by molar-refractivity contribution is 7.89. The van der Waals surface area contributed by atoms with Crippen LogP contribution in [-0.2, 0) is 10.0 Å². The largest absolute Gasteiger partial charge is 0.304 e. The molecule has 2 rings (SSSR count). The molecule has 1 aliphatic heterocycles. The lowest BCUT2D eigenvalue weighted by molar-refractivity contribution is 0.115. The molecule has 1 aliphatic rings. The maximum Gasteiger partial charge on any atom is 0.243 e. The summed E-state index contributed by atoms with van der Waals surface area (Å²) in [7, 11) is -1.30. The minimum Gasteiger partial charge on any atom is -0.304 e. The Morgan fingerprint density at radius 3 is 2.70 bits per heavy atom. The molecule has 1 saturated heterocycles. The molecule has 2 N–H and O–H groups in total. The molecule has 0 bridgehead atoms. The Bertz CT molecular complexity index is 494. The fraction of sp³-hybridized carbons (Fsp3) is 0.750. The minimum absolute atomic E-state index is 0.185. The third-order valence-electron chi connectivity index (χ3n) is 3.80. The lowest BCUT2D eigenvalue weighted by atomic mass is 10.2. The number of piperazine rings is 1. The topological polar surface area (TPSA) is 81.3 Å². The number of hydrogen-bond acceptors (Lipinski definition) is 5. The second kappa shape index (κ2) is 6.66. The molecule has 0 saturated carbocycles. The molecule has 20 heavy (non-hydrogen) atoms. The number of hydrogen-bond donors (Lipinski definition) is 2. The zero-order valence-electron chi connectivity index (χ0n) is 12.0. The van der Waals surface area contributed by atoms with Crippen LogP contribution in [0, 0.1) is 0 Å². The summed E-state index contributed by atoms with van der Waals surface area (Å²) in [6.07, 6.45) is 3.50. The van der Waals surface area contributed by atoms with Crippen molar-refractivity contribution in [2.75, 3.05) is 39.8 Å². The van der Waals surface area contributed by atoms with Gasteiger partial charge in [0.1, 0.15) is 4.90 Å². The van der Waals surface area contributed by atoms with Crippen molar-refractivity contribution in [1.29, 1.82) is 0 Å². The van der Waals surface area contributed by atoms with E-state index in [0.29, 0.717) is 12.6 Å². The Morgan fingerprint density at radius 1 is 1.40 bits per heavy atom. The summed E-state index contributed by atoms with van der Waals surface area (Å²) in [6, 6.07) is 0.385. The first-order chi connectivity index (χ1) is 9.49. The van der Waals surface area contributed by atoms with Crippen molar-refractivity contribution >= 4 is 10.0 Å². The van der Waals surface area contributed by atoms with Gasteiger partial charge in [0.15, 0.2) is 0 Å². The van der Waals surface area contributed by atoms with Crippen molar-refractivity contribution in [3.8, 4) is 0 Å². The average Bonchev–Trinajstić information content (AvgIpc) is 2.94. The fourth-order valence-corrected chi connectivity index (χ4v) is 3.27. The quantitative estimate of drug-likeness (QED) is 0.755. The summed E-state index contributed by atoms with van der Waals surface area (Å²) in [5.41, 5.74) is 0. The first-order valence-electron chi connectivity index (χ1n) is 6.90. The van der Waals surface area contributed by atoms with Crippen molar-refractivity contribution < 1.29 is 8.42 Å². The maximum atomic E-state index is 11.9. The van der Waals surface area contributed by atoms with Crippen LogP contribution in [0.15, 0.2) is 17.3 Å². The first kappa shape index (κ1) is 15.4. The average molecular weight is 301 g/mol. The molecule has 0 radical (unpaired) electrons. The van der Waals surface area contributed by atoms with Gasteiger partial charge in [0, 0.05) is 45.0 Å². The number of sulfonamides is 1. The van der Waals surface area contributed by atoms with Crippen LogP contribution in [0.1, 0.15) is 13.3 Å². The molecule has 2 heterocycles. The van der Waals surface area contributed by atoms with E-state index in [1.54, 1.807) is 0 Å². The molecule has 0 unspecified atom stereocenters. The predicted octanol–water partition coefficient (Wildman–Crippen LogP) is -0.286. The molecule has 1 aromatic rings. The van der Waals surface area contributed by atoms with Gasteiger partial charge in [-0.2, -0.15) is 5.10 Å². The first-order valence-corrected chi connectivity index (χ1v) is 8.38. The highest BCUT2D eigenvalue weighted by Gasteiger charge is 2.20. The molecule has 1 aromatic heterocycles. The Balaban J connectivity index is 1.75. The highest BCUT2D eigenvalue weighted by Crippen LogP contribution is 2.09. The van der Waals surface area contributed by atoms with Crippen LogP contribution in [-0.4, -0.2) is 74.2 Å². The SMILES string of the molecule is C[C@H](CCNS(=O)(=O)c1cn[nH]c1)N1CCN(C)CC1. The molecule has 114 valence electrons. The molecule has 8 heteroatoms. The molecule has 0 aliphatic carbocycles. The van der Waals surface area contributed by atoms with Gasteiger partial charge in [-0.25, -0.2) is 13.1 Å². The van der Waals surface area contributed by atoms with Crippen LogP contribution in [0.4, 0.5) is 0 Å². The van der Waals surface area contributed by atoms with E-state index in [1.165, 1.54) is 12.4 Å². The summed E-state index contributed by atoms with van der Waals surface area (Å²) in [6.45, 7) is 6.84. The summed E-state index contributed by atoms with van der Waals surface area (Å²) in [4.78, 5) is 4.90. The van der Waals surface area contributed by atoms with Crippen molar-refractivity contribution in [2.45, 2.75) is 24.3 Å². The van der Waals surface area contributed by atoms with Crippen LogP contribution < -0.4 is 4.72 Å².